The number of rotatable bonds is 2. The summed E-state index contributed by atoms with van der Waals surface area (Å²) in [5.74, 6) is 0.873. The lowest BCUT2D eigenvalue weighted by atomic mass is 10.1. The number of halogens is 1. The third kappa shape index (κ3) is 2.31. The molecule has 0 spiro atoms. The highest BCUT2D eigenvalue weighted by Gasteiger charge is 2.17. The normalized spacial score (nSPS) is 15.8. The first kappa shape index (κ1) is 12.1. The van der Waals surface area contributed by atoms with Crippen LogP contribution in [-0.4, -0.2) is 41.4 Å². The highest BCUT2D eigenvalue weighted by Crippen LogP contribution is 2.23. The lowest BCUT2D eigenvalue weighted by Crippen LogP contribution is -2.44. The Labute approximate surface area is 110 Å². The first-order chi connectivity index (χ1) is 9.25. The molecule has 6 heteroatoms. The molecule has 0 aliphatic carbocycles. The number of aromatic amines is 1. The van der Waals surface area contributed by atoms with E-state index in [2.05, 4.69) is 25.4 Å². The van der Waals surface area contributed by atoms with E-state index < -0.39 is 0 Å². The average Bonchev–Trinajstić information content (AvgIpc) is 2.92. The van der Waals surface area contributed by atoms with Crippen LogP contribution < -0.4 is 10.2 Å². The number of aromatic nitrogens is 3. The second-order valence-corrected chi connectivity index (χ2v) is 4.66. The zero-order chi connectivity index (χ0) is 13.2. The second-order valence-electron chi connectivity index (χ2n) is 4.66. The van der Waals surface area contributed by atoms with Crippen LogP contribution in [0.4, 0.5) is 10.3 Å². The lowest BCUT2D eigenvalue weighted by molar-refractivity contribution is 0.580. The standard InChI is InChI=1S/C13H16FN5/c1-9-3-2-4-10(11(9)14)12-16-13(18-17-12)19-7-5-15-6-8-19/h2-4,15H,5-8H2,1H3,(H,16,17,18). The summed E-state index contributed by atoms with van der Waals surface area (Å²) in [6, 6.07) is 5.28. The van der Waals surface area contributed by atoms with Gasteiger partial charge in [-0.15, -0.1) is 5.10 Å². The maximum Gasteiger partial charge on any atom is 0.245 e. The molecule has 3 rings (SSSR count). The van der Waals surface area contributed by atoms with Crippen molar-refractivity contribution in [3.05, 3.63) is 29.6 Å². The van der Waals surface area contributed by atoms with E-state index in [1.807, 2.05) is 6.07 Å². The third-order valence-corrected chi connectivity index (χ3v) is 3.32. The molecule has 1 saturated heterocycles. The predicted octanol–water partition coefficient (Wildman–Crippen LogP) is 1.33. The molecule has 1 aromatic heterocycles. The third-order valence-electron chi connectivity index (χ3n) is 3.32. The van der Waals surface area contributed by atoms with Gasteiger partial charge in [-0.3, -0.25) is 5.10 Å². The highest BCUT2D eigenvalue weighted by molar-refractivity contribution is 5.58. The zero-order valence-corrected chi connectivity index (χ0v) is 10.8. The molecule has 0 unspecified atom stereocenters. The van der Waals surface area contributed by atoms with Crippen LogP contribution in [0.1, 0.15) is 5.56 Å². The van der Waals surface area contributed by atoms with Gasteiger partial charge in [0.05, 0.1) is 5.56 Å². The van der Waals surface area contributed by atoms with Crippen LogP contribution in [0.25, 0.3) is 11.4 Å². The largest absolute Gasteiger partial charge is 0.337 e. The van der Waals surface area contributed by atoms with E-state index in [0.29, 0.717) is 22.9 Å². The van der Waals surface area contributed by atoms with Gasteiger partial charge in [-0.25, -0.2) is 4.39 Å². The Bertz CT molecular complexity index is 574. The molecule has 1 fully saturated rings. The van der Waals surface area contributed by atoms with Crippen molar-refractivity contribution in [1.82, 2.24) is 20.5 Å². The summed E-state index contributed by atoms with van der Waals surface area (Å²) in [5.41, 5.74) is 1.08. The van der Waals surface area contributed by atoms with E-state index >= 15 is 0 Å². The van der Waals surface area contributed by atoms with Gasteiger partial charge < -0.3 is 10.2 Å². The van der Waals surface area contributed by atoms with Gasteiger partial charge >= 0.3 is 0 Å². The van der Waals surface area contributed by atoms with Crippen LogP contribution >= 0.6 is 0 Å². The maximum atomic E-state index is 14.0. The summed E-state index contributed by atoms with van der Waals surface area (Å²) in [4.78, 5) is 6.49. The molecular weight excluding hydrogens is 245 g/mol. The van der Waals surface area contributed by atoms with E-state index in [-0.39, 0.29) is 5.82 Å². The fraction of sp³-hybridized carbons (Fsp3) is 0.385. The predicted molar refractivity (Wildman–Crippen MR) is 71.6 cm³/mol. The molecular formula is C13H16FN5. The molecule has 0 radical (unpaired) electrons. The minimum Gasteiger partial charge on any atom is -0.337 e. The Morgan fingerprint density at radius 1 is 1.26 bits per heavy atom. The number of anilines is 1. The highest BCUT2D eigenvalue weighted by atomic mass is 19.1. The fourth-order valence-corrected chi connectivity index (χ4v) is 2.21. The molecule has 0 atom stereocenters. The first-order valence-electron chi connectivity index (χ1n) is 6.39. The van der Waals surface area contributed by atoms with E-state index in [4.69, 9.17) is 0 Å². The summed E-state index contributed by atoms with van der Waals surface area (Å²) in [5, 5.41) is 10.3. The number of piperazine rings is 1. The molecule has 2 heterocycles. The van der Waals surface area contributed by atoms with Gasteiger partial charge in [0.1, 0.15) is 5.82 Å². The first-order valence-corrected chi connectivity index (χ1v) is 6.39. The van der Waals surface area contributed by atoms with Crippen LogP contribution in [0.5, 0.6) is 0 Å². The summed E-state index contributed by atoms with van der Waals surface area (Å²) < 4.78 is 14.0. The van der Waals surface area contributed by atoms with Gasteiger partial charge in [0.25, 0.3) is 0 Å². The number of hydrogen-bond acceptors (Lipinski definition) is 4. The van der Waals surface area contributed by atoms with Gasteiger partial charge in [-0.2, -0.15) is 4.98 Å². The van der Waals surface area contributed by atoms with Crippen molar-refractivity contribution in [1.29, 1.82) is 0 Å². The average molecular weight is 261 g/mol. The smallest absolute Gasteiger partial charge is 0.245 e. The second kappa shape index (κ2) is 4.97. The van der Waals surface area contributed by atoms with E-state index in [9.17, 15) is 4.39 Å². The molecule has 0 saturated carbocycles. The van der Waals surface area contributed by atoms with Crippen LogP contribution in [0.2, 0.25) is 0 Å². The summed E-state index contributed by atoms with van der Waals surface area (Å²) in [7, 11) is 0. The number of nitrogens with one attached hydrogen (secondary N) is 2. The zero-order valence-electron chi connectivity index (χ0n) is 10.8. The van der Waals surface area contributed by atoms with Gasteiger partial charge in [-0.1, -0.05) is 12.1 Å². The quantitative estimate of drug-likeness (QED) is 0.856. The number of nitrogens with zero attached hydrogens (tertiary/aromatic N) is 3. The molecule has 1 aromatic carbocycles. The Kier molecular flexibility index (Phi) is 3.16. The van der Waals surface area contributed by atoms with Crippen LogP contribution in [-0.2, 0) is 0 Å². The minimum atomic E-state index is -0.245. The van der Waals surface area contributed by atoms with Crippen molar-refractivity contribution in [2.24, 2.45) is 0 Å². The monoisotopic (exact) mass is 261 g/mol. The van der Waals surface area contributed by atoms with Gasteiger partial charge in [0, 0.05) is 26.2 Å². The Balaban J connectivity index is 1.90. The summed E-state index contributed by atoms with van der Waals surface area (Å²) in [6.07, 6.45) is 0. The van der Waals surface area contributed by atoms with Crippen LogP contribution in [0, 0.1) is 12.7 Å². The van der Waals surface area contributed by atoms with Crippen molar-refractivity contribution in [3.63, 3.8) is 0 Å². The SMILES string of the molecule is Cc1cccc(-c2nc(N3CCNCC3)n[nH]2)c1F. The van der Waals surface area contributed by atoms with Crippen molar-refractivity contribution in [2.75, 3.05) is 31.1 Å². The number of aryl methyl sites for hydroxylation is 1. The van der Waals surface area contributed by atoms with Crippen molar-refractivity contribution in [3.8, 4) is 11.4 Å². The number of benzene rings is 1. The molecule has 100 valence electrons. The summed E-state index contributed by atoms with van der Waals surface area (Å²) in [6.45, 7) is 5.32. The van der Waals surface area contributed by atoms with E-state index in [1.165, 1.54) is 0 Å². The van der Waals surface area contributed by atoms with E-state index in [0.717, 1.165) is 26.2 Å². The van der Waals surface area contributed by atoms with Crippen LogP contribution in [0.3, 0.4) is 0 Å². The van der Waals surface area contributed by atoms with Crippen LogP contribution in [0.15, 0.2) is 18.2 Å². The molecule has 1 aliphatic heterocycles. The lowest BCUT2D eigenvalue weighted by Gasteiger charge is -2.25. The molecule has 1 aliphatic rings. The molecule has 19 heavy (non-hydrogen) atoms. The number of H-pyrrole nitrogens is 1. The Morgan fingerprint density at radius 3 is 2.84 bits per heavy atom. The molecule has 5 nitrogen and oxygen atoms in total. The topological polar surface area (TPSA) is 56.8 Å². The van der Waals surface area contributed by atoms with Crippen molar-refractivity contribution in [2.45, 2.75) is 6.92 Å². The molecule has 2 N–H and O–H groups in total. The van der Waals surface area contributed by atoms with Crippen molar-refractivity contribution < 1.29 is 4.39 Å². The van der Waals surface area contributed by atoms with Gasteiger partial charge in [0.15, 0.2) is 5.82 Å². The summed E-state index contributed by atoms with van der Waals surface area (Å²) >= 11 is 0. The van der Waals surface area contributed by atoms with Gasteiger partial charge in [-0.05, 0) is 18.6 Å². The number of hydrogen-bond donors (Lipinski definition) is 2. The molecule has 0 amide bonds. The fourth-order valence-electron chi connectivity index (χ4n) is 2.21. The van der Waals surface area contributed by atoms with Crippen molar-refractivity contribution >= 4 is 5.95 Å². The van der Waals surface area contributed by atoms with E-state index in [1.54, 1.807) is 19.1 Å². The Hall–Kier alpha value is -1.95. The Morgan fingerprint density at radius 2 is 2.05 bits per heavy atom. The molecule has 0 bridgehead atoms. The minimum absolute atomic E-state index is 0.245. The maximum absolute atomic E-state index is 14.0. The molecule has 2 aromatic rings. The van der Waals surface area contributed by atoms with Gasteiger partial charge in [0.2, 0.25) is 5.95 Å².